The van der Waals surface area contributed by atoms with Gasteiger partial charge in [0.2, 0.25) is 0 Å². The van der Waals surface area contributed by atoms with Gasteiger partial charge in [0.05, 0.1) is 0 Å². The number of hydrogen-bond donors (Lipinski definition) is 0. The zero-order valence-electron chi connectivity index (χ0n) is 21.3. The third-order valence-corrected chi connectivity index (χ3v) is 9.78. The molecule has 0 spiro atoms. The molecule has 0 radical (unpaired) electrons. The van der Waals surface area contributed by atoms with Gasteiger partial charge in [-0.3, -0.25) is 0 Å². The van der Waals surface area contributed by atoms with Crippen LogP contribution in [0.4, 0.5) is 0 Å². The van der Waals surface area contributed by atoms with Crippen LogP contribution >= 0.6 is 0 Å². The summed E-state index contributed by atoms with van der Waals surface area (Å²) in [5.41, 5.74) is 4.95. The molecule has 1 unspecified atom stereocenters. The molecule has 0 bridgehead atoms. The van der Waals surface area contributed by atoms with E-state index in [1.165, 1.54) is 4.46 Å². The second kappa shape index (κ2) is 11.2. The maximum atomic E-state index is 14.0. The van der Waals surface area contributed by atoms with Crippen LogP contribution in [0.5, 0.6) is 5.75 Å². The van der Waals surface area contributed by atoms with Crippen LogP contribution in [0, 0.1) is 5.41 Å². The number of nitrogens with zero attached hydrogens (tertiary/aromatic N) is 1. The van der Waals surface area contributed by atoms with Crippen LogP contribution in [-0.2, 0) is 17.9 Å². The zero-order chi connectivity index (χ0) is 25.7. The predicted octanol–water partition coefficient (Wildman–Crippen LogP) is 6.49. The van der Waals surface area contributed by atoms with E-state index >= 15 is 0 Å². The summed E-state index contributed by atoms with van der Waals surface area (Å²) in [5, 5.41) is 0.835. The quantitative estimate of drug-likeness (QED) is 0.222. The molecule has 1 aliphatic rings. The first kappa shape index (κ1) is 25.1. The normalized spacial score (nSPS) is 17.4. The molecule has 1 atom stereocenters. The zero-order valence-corrected chi connectivity index (χ0v) is 23.0. The van der Waals surface area contributed by atoms with Crippen molar-refractivity contribution in [2.45, 2.75) is 32.3 Å². The molecule has 37 heavy (non-hydrogen) atoms. The van der Waals surface area contributed by atoms with Gasteiger partial charge in [-0.25, -0.2) is 0 Å². The van der Waals surface area contributed by atoms with Crippen molar-refractivity contribution in [3.63, 3.8) is 0 Å². The van der Waals surface area contributed by atoms with Crippen molar-refractivity contribution in [1.29, 1.82) is 0 Å². The van der Waals surface area contributed by atoms with Crippen LogP contribution in [0.1, 0.15) is 30.5 Å². The summed E-state index contributed by atoms with van der Waals surface area (Å²) < 4.78 is 7.33. The molecule has 1 amide bonds. The van der Waals surface area contributed by atoms with Crippen LogP contribution in [-0.4, -0.2) is 25.8 Å². The fraction of sp³-hybridized carbons (Fsp3) is 0.182. The summed E-state index contributed by atoms with van der Waals surface area (Å²) in [7, 11) is 0. The van der Waals surface area contributed by atoms with Crippen molar-refractivity contribution >= 4 is 31.0 Å². The summed E-state index contributed by atoms with van der Waals surface area (Å²) in [6.07, 6.45) is 0. The van der Waals surface area contributed by atoms with E-state index in [9.17, 15) is 4.79 Å². The van der Waals surface area contributed by atoms with Gasteiger partial charge in [0.15, 0.2) is 0 Å². The molecule has 4 aromatic rings. The van der Waals surface area contributed by atoms with Crippen molar-refractivity contribution in [1.82, 2.24) is 4.90 Å². The molecule has 1 aliphatic heterocycles. The van der Waals surface area contributed by atoms with Crippen LogP contribution in [0.25, 0.3) is 5.70 Å². The Morgan fingerprint density at radius 1 is 0.757 bits per heavy atom. The molecule has 4 aromatic carbocycles. The fourth-order valence-electron chi connectivity index (χ4n) is 4.68. The van der Waals surface area contributed by atoms with Crippen LogP contribution in [0.15, 0.2) is 121 Å². The van der Waals surface area contributed by atoms with E-state index in [2.05, 4.69) is 74.5 Å². The Hall–Kier alpha value is -3.59. The molecule has 1 heterocycles. The van der Waals surface area contributed by atoms with Crippen molar-refractivity contribution in [3.8, 4) is 5.75 Å². The Labute approximate surface area is 226 Å². The van der Waals surface area contributed by atoms with E-state index in [-0.39, 0.29) is 20.9 Å². The number of ether oxygens (including phenoxy) is 1. The summed E-state index contributed by atoms with van der Waals surface area (Å²) in [5.74, 6) is 1.01. The molecule has 5 rings (SSSR count). The van der Waals surface area contributed by atoms with Crippen molar-refractivity contribution in [2.24, 2.45) is 5.41 Å². The third kappa shape index (κ3) is 5.56. The van der Waals surface area contributed by atoms with Crippen LogP contribution < -0.4 is 9.20 Å². The first-order chi connectivity index (χ1) is 18.0. The summed E-state index contributed by atoms with van der Waals surface area (Å²) in [6.45, 7) is 5.35. The molecular formula is C33H31NO2Se. The van der Waals surface area contributed by atoms with E-state index in [1.807, 2.05) is 59.5 Å². The number of amides is 1. The average molecular weight is 553 g/mol. The van der Waals surface area contributed by atoms with Gasteiger partial charge in [0, 0.05) is 0 Å². The standard InChI is InChI=1S/C33H31NO2Se/c1-25-31(28-18-20-29(21-19-28)36-23-27-14-8-4-9-15-27)34(22-26-12-6-3-7-13-26)32(35)33(25,2)24-37-30-16-10-5-11-17-30/h3-21H,22-24H2,1-2H3. The molecule has 0 saturated heterocycles. The van der Waals surface area contributed by atoms with Gasteiger partial charge in [-0.15, -0.1) is 0 Å². The molecule has 186 valence electrons. The minimum absolute atomic E-state index is 0.186. The monoisotopic (exact) mass is 553 g/mol. The van der Waals surface area contributed by atoms with Gasteiger partial charge in [-0.05, 0) is 0 Å². The number of carbonyl (C=O) groups is 1. The Kier molecular flexibility index (Phi) is 7.60. The van der Waals surface area contributed by atoms with Gasteiger partial charge >= 0.3 is 208 Å². The number of rotatable bonds is 9. The molecule has 0 aromatic heterocycles. The van der Waals surface area contributed by atoms with Gasteiger partial charge in [-0.1, -0.05) is 18.2 Å². The Morgan fingerprint density at radius 2 is 1.32 bits per heavy atom. The van der Waals surface area contributed by atoms with Gasteiger partial charge in [0.25, 0.3) is 0 Å². The second-order valence-electron chi connectivity index (χ2n) is 9.58. The van der Waals surface area contributed by atoms with E-state index in [4.69, 9.17) is 4.74 Å². The molecule has 0 aliphatic carbocycles. The molecular weight excluding hydrogens is 521 g/mol. The summed E-state index contributed by atoms with van der Waals surface area (Å²) >= 11 is 0.204. The van der Waals surface area contributed by atoms with Gasteiger partial charge in [0.1, 0.15) is 0 Å². The summed E-state index contributed by atoms with van der Waals surface area (Å²) in [4.78, 5) is 16.0. The van der Waals surface area contributed by atoms with E-state index in [0.717, 1.165) is 39.0 Å². The Bertz CT molecular complexity index is 1370. The first-order valence-electron chi connectivity index (χ1n) is 12.6. The topological polar surface area (TPSA) is 29.5 Å². The minimum atomic E-state index is -0.525. The van der Waals surface area contributed by atoms with Crippen molar-refractivity contribution in [3.05, 3.63) is 138 Å². The molecule has 0 saturated carbocycles. The average Bonchev–Trinajstić information content (AvgIpc) is 3.13. The molecule has 3 nitrogen and oxygen atoms in total. The van der Waals surface area contributed by atoms with E-state index < -0.39 is 5.41 Å². The Morgan fingerprint density at radius 3 is 1.95 bits per heavy atom. The molecule has 0 fully saturated rings. The van der Waals surface area contributed by atoms with E-state index in [0.29, 0.717) is 13.2 Å². The number of benzene rings is 4. The van der Waals surface area contributed by atoms with Crippen molar-refractivity contribution < 1.29 is 9.53 Å². The fourth-order valence-corrected chi connectivity index (χ4v) is 7.08. The Balaban J connectivity index is 1.42. The second-order valence-corrected chi connectivity index (χ2v) is 11.8. The van der Waals surface area contributed by atoms with Crippen molar-refractivity contribution in [2.75, 3.05) is 0 Å². The SMILES string of the molecule is CC1=C(c2ccc(OCc3ccccc3)cc2)N(Cc2ccccc2)C(=O)C1(C)C[Se]c1ccccc1. The van der Waals surface area contributed by atoms with Crippen LogP contribution in [0.3, 0.4) is 0 Å². The predicted molar refractivity (Wildman–Crippen MR) is 152 cm³/mol. The summed E-state index contributed by atoms with van der Waals surface area (Å²) in [6, 6.07) is 39.1. The first-order valence-corrected chi connectivity index (χ1v) is 14.6. The molecule has 4 heteroatoms. The maximum absolute atomic E-state index is 14.0. The third-order valence-electron chi connectivity index (χ3n) is 7.00. The molecule has 0 N–H and O–H groups in total. The van der Waals surface area contributed by atoms with Crippen LogP contribution in [0.2, 0.25) is 5.32 Å². The van der Waals surface area contributed by atoms with E-state index in [1.54, 1.807) is 0 Å². The van der Waals surface area contributed by atoms with Gasteiger partial charge < -0.3 is 0 Å². The number of carbonyl (C=O) groups excluding carboxylic acids is 1. The number of hydrogen-bond acceptors (Lipinski definition) is 2. The van der Waals surface area contributed by atoms with Gasteiger partial charge in [-0.2, -0.15) is 0 Å².